The number of halogens is 1. The summed E-state index contributed by atoms with van der Waals surface area (Å²) in [7, 11) is -1.10. The van der Waals surface area contributed by atoms with Crippen molar-refractivity contribution in [1.82, 2.24) is 9.97 Å². The summed E-state index contributed by atoms with van der Waals surface area (Å²) in [4.78, 5) is 11.5. The Morgan fingerprint density at radius 3 is 1.98 bits per heavy atom. The zero-order valence-electron chi connectivity index (χ0n) is 26.1. The van der Waals surface area contributed by atoms with E-state index >= 15 is 0 Å². The summed E-state index contributed by atoms with van der Waals surface area (Å²) in [5, 5.41) is 3.04. The normalized spacial score (nSPS) is 13.4. The Hall–Kier alpha value is -1.13. The second-order valence-electron chi connectivity index (χ2n) is 10.9. The number of unbranched alkanes of at least 4 members (excludes halogenated alkanes) is 15. The van der Waals surface area contributed by atoms with E-state index in [1.54, 1.807) is 29.8 Å². The Balaban J connectivity index is 0.00000882. The van der Waals surface area contributed by atoms with Crippen LogP contribution in [-0.4, -0.2) is 51.6 Å². The smallest absolute Gasteiger partial charge is 0.316 e. The van der Waals surface area contributed by atoms with Gasteiger partial charge in [0.1, 0.15) is 12.2 Å². The summed E-state index contributed by atoms with van der Waals surface area (Å²) in [6.45, 7) is 5.78. The van der Waals surface area contributed by atoms with Gasteiger partial charge < -0.3 is 26.6 Å². The number of thiazole rings is 1. The van der Waals surface area contributed by atoms with Crippen molar-refractivity contribution < 1.29 is 35.8 Å². The van der Waals surface area contributed by atoms with Gasteiger partial charge in [0.25, 0.3) is 5.01 Å². The number of ether oxygens (including phenoxy) is 3. The van der Waals surface area contributed by atoms with E-state index in [1.165, 1.54) is 96.3 Å². The van der Waals surface area contributed by atoms with Gasteiger partial charge in [-0.2, -0.15) is 0 Å². The van der Waals surface area contributed by atoms with Crippen LogP contribution in [-0.2, 0) is 20.3 Å². The predicted octanol–water partition coefficient (Wildman–Crippen LogP) is 4.91. The molecule has 0 spiro atoms. The van der Waals surface area contributed by atoms with Crippen molar-refractivity contribution in [1.29, 1.82) is 0 Å². The van der Waals surface area contributed by atoms with E-state index in [-0.39, 0.29) is 24.6 Å². The number of hydrogen-bond acceptors (Lipinski definition) is 7. The molecule has 10 heteroatoms. The number of aromatic amines is 1. The second kappa shape index (κ2) is 27.4. The Morgan fingerprint density at radius 1 is 0.857 bits per heavy atom. The fourth-order valence-corrected chi connectivity index (χ4v) is 6.44. The van der Waals surface area contributed by atoms with E-state index in [0.29, 0.717) is 37.3 Å². The summed E-state index contributed by atoms with van der Waals surface area (Å²) in [6, 6.07) is 2.04. The van der Waals surface area contributed by atoms with Gasteiger partial charge in [-0.25, -0.2) is 15.0 Å². The first kappa shape index (κ1) is 38.9. The molecule has 0 aliphatic carbocycles. The van der Waals surface area contributed by atoms with Gasteiger partial charge in [0, 0.05) is 35.6 Å². The lowest BCUT2D eigenvalue weighted by molar-refractivity contribution is -0.391. The zero-order chi connectivity index (χ0) is 29.2. The molecule has 0 bridgehead atoms. The highest BCUT2D eigenvalue weighted by Crippen LogP contribution is 2.16. The molecule has 7 nitrogen and oxygen atoms in total. The van der Waals surface area contributed by atoms with Crippen LogP contribution in [0.2, 0.25) is 0 Å². The Kier molecular flexibility index (Phi) is 25.4. The number of nitrogens with zero attached hydrogens (tertiary/aromatic N) is 2. The van der Waals surface area contributed by atoms with Crippen molar-refractivity contribution in [3.8, 4) is 6.01 Å². The van der Waals surface area contributed by atoms with Crippen LogP contribution in [0.1, 0.15) is 128 Å². The molecule has 0 aliphatic rings. The average Bonchev–Trinajstić information content (AvgIpc) is 3.52. The number of aromatic nitrogens is 3. The molecule has 0 amide bonds. The minimum Gasteiger partial charge on any atom is -1.00 e. The molecule has 0 saturated carbocycles. The molecular formula is C32H56ClN3O4S2. The molecule has 0 aromatic carbocycles. The first-order chi connectivity index (χ1) is 20.2. The third kappa shape index (κ3) is 20.7. The van der Waals surface area contributed by atoms with Crippen LogP contribution in [0.4, 0.5) is 0 Å². The highest BCUT2D eigenvalue weighted by molar-refractivity contribution is 7.85. The van der Waals surface area contributed by atoms with Crippen LogP contribution in [0.5, 0.6) is 6.01 Å². The standard InChI is InChI=1S/C32H55N3O4S2.ClH/c1-3-4-5-6-7-8-9-10-11-12-13-14-15-16-17-18-23-37-27-30(39-32-34-20-19-21-35-32)28-41(36)26-24-38-29(2)31-33-22-25-40-31;/h19-22,25,29-30H,3-18,23-24,26-28H2,1-2H3;1H. The molecule has 2 aromatic rings. The molecule has 3 atom stereocenters. The molecule has 0 radical (unpaired) electrons. The van der Waals surface area contributed by atoms with Crippen LogP contribution in [0.15, 0.2) is 30.0 Å². The fraction of sp³-hybridized carbons (Fsp3) is 0.781. The monoisotopic (exact) mass is 645 g/mol. The van der Waals surface area contributed by atoms with Gasteiger partial charge in [-0.3, -0.25) is 4.21 Å². The summed E-state index contributed by atoms with van der Waals surface area (Å²) >= 11 is 1.62. The molecule has 0 saturated heterocycles. The summed E-state index contributed by atoms with van der Waals surface area (Å²) < 4.78 is 30.5. The van der Waals surface area contributed by atoms with E-state index in [2.05, 4.69) is 21.9 Å². The molecule has 1 N–H and O–H groups in total. The SMILES string of the molecule is CCCCCCCCCCCCCCCCCCOCC(CS(=O)CCOC(C)c1[nH+]ccs1)Oc1ncccn1.[Cl-]. The number of nitrogens with one attached hydrogen (secondary N) is 1. The van der Waals surface area contributed by atoms with E-state index in [9.17, 15) is 4.21 Å². The number of H-pyrrole nitrogens is 1. The van der Waals surface area contributed by atoms with Gasteiger partial charge in [-0.1, -0.05) is 115 Å². The van der Waals surface area contributed by atoms with E-state index in [0.717, 1.165) is 11.4 Å². The van der Waals surface area contributed by atoms with Gasteiger partial charge >= 0.3 is 6.01 Å². The molecule has 242 valence electrons. The molecule has 42 heavy (non-hydrogen) atoms. The van der Waals surface area contributed by atoms with Crippen molar-refractivity contribution >= 4 is 22.1 Å². The lowest BCUT2D eigenvalue weighted by atomic mass is 10.0. The van der Waals surface area contributed by atoms with Gasteiger partial charge in [0.05, 0.1) is 24.3 Å². The van der Waals surface area contributed by atoms with Gasteiger partial charge in [-0.05, 0) is 19.4 Å². The van der Waals surface area contributed by atoms with Gasteiger partial charge in [0.15, 0.2) is 6.20 Å². The minimum absolute atomic E-state index is 0. The maximum atomic E-state index is 12.8. The quantitative estimate of drug-likeness (QED) is 0.122. The van der Waals surface area contributed by atoms with Crippen molar-refractivity contribution in [2.45, 2.75) is 129 Å². The van der Waals surface area contributed by atoms with Crippen LogP contribution in [0, 0.1) is 0 Å². The molecule has 0 aliphatic heterocycles. The first-order valence-corrected chi connectivity index (χ1v) is 18.5. The highest BCUT2D eigenvalue weighted by Gasteiger charge is 2.18. The molecule has 2 aromatic heterocycles. The van der Waals surface area contributed by atoms with E-state index < -0.39 is 10.8 Å². The number of hydrogen-bond donors (Lipinski definition) is 0. The van der Waals surface area contributed by atoms with Crippen LogP contribution in [0.3, 0.4) is 0 Å². The maximum Gasteiger partial charge on any atom is 0.316 e. The second-order valence-corrected chi connectivity index (χ2v) is 13.5. The molecule has 3 unspecified atom stereocenters. The summed E-state index contributed by atoms with van der Waals surface area (Å²) in [5.41, 5.74) is 0. The molecule has 2 rings (SSSR count). The summed E-state index contributed by atoms with van der Waals surface area (Å²) in [6.07, 6.45) is 26.4. The third-order valence-corrected chi connectivity index (χ3v) is 9.51. The molecule has 2 heterocycles. The predicted molar refractivity (Wildman–Crippen MR) is 170 cm³/mol. The van der Waals surface area contributed by atoms with Gasteiger partial charge in [0.2, 0.25) is 0 Å². The van der Waals surface area contributed by atoms with Crippen LogP contribution in [0.25, 0.3) is 0 Å². The van der Waals surface area contributed by atoms with Crippen molar-refractivity contribution in [3.05, 3.63) is 35.0 Å². The van der Waals surface area contributed by atoms with E-state index in [1.807, 2.05) is 18.5 Å². The Morgan fingerprint density at radius 2 is 1.43 bits per heavy atom. The maximum absolute atomic E-state index is 12.8. The first-order valence-electron chi connectivity index (χ1n) is 16.1. The van der Waals surface area contributed by atoms with Gasteiger partial charge in [-0.15, -0.1) is 0 Å². The fourth-order valence-electron chi connectivity index (χ4n) is 4.73. The zero-order valence-corrected chi connectivity index (χ0v) is 28.5. The minimum atomic E-state index is -1.10. The molecular weight excluding hydrogens is 590 g/mol. The molecule has 0 fully saturated rings. The summed E-state index contributed by atoms with van der Waals surface area (Å²) in [5.74, 6) is 0.810. The number of rotatable bonds is 28. The largest absolute Gasteiger partial charge is 1.00 e. The van der Waals surface area contributed by atoms with Crippen molar-refractivity contribution in [3.63, 3.8) is 0 Å². The topological polar surface area (TPSA) is 84.7 Å². The lowest BCUT2D eigenvalue weighted by Gasteiger charge is -2.18. The van der Waals surface area contributed by atoms with Crippen molar-refractivity contribution in [2.24, 2.45) is 0 Å². The van der Waals surface area contributed by atoms with Crippen molar-refractivity contribution in [2.75, 3.05) is 31.3 Å². The average molecular weight is 646 g/mol. The third-order valence-electron chi connectivity index (χ3n) is 7.17. The highest BCUT2D eigenvalue weighted by atomic mass is 35.5. The Bertz CT molecular complexity index is 865. The lowest BCUT2D eigenvalue weighted by Crippen LogP contribution is -3.00. The van der Waals surface area contributed by atoms with Crippen LogP contribution >= 0.6 is 11.3 Å². The van der Waals surface area contributed by atoms with Crippen LogP contribution < -0.4 is 22.1 Å². The Labute approximate surface area is 268 Å². The van der Waals surface area contributed by atoms with E-state index in [4.69, 9.17) is 14.2 Å².